The minimum atomic E-state index is -5.66. The van der Waals surface area contributed by atoms with Gasteiger partial charge in [-0.25, -0.2) is 13.9 Å². The first-order chi connectivity index (χ1) is 6.15. The Kier molecular flexibility index (Phi) is 4.60. The summed E-state index contributed by atoms with van der Waals surface area (Å²) in [5.41, 5.74) is 0. The van der Waals surface area contributed by atoms with Crippen LogP contribution in [0.1, 0.15) is 0 Å². The smallest absolute Gasteiger partial charge is 0.348 e. The quantitative estimate of drug-likeness (QED) is 0.498. The third kappa shape index (κ3) is 4.61. The molecule has 0 aliphatic carbocycles. The lowest BCUT2D eigenvalue weighted by Gasteiger charge is -2.28. The Bertz CT molecular complexity index is 317. The van der Waals surface area contributed by atoms with Gasteiger partial charge in [-0.1, -0.05) is 0 Å². The fourth-order valence-electron chi connectivity index (χ4n) is 0.401. The van der Waals surface area contributed by atoms with E-state index in [2.05, 4.69) is 4.52 Å². The summed E-state index contributed by atoms with van der Waals surface area (Å²) in [7, 11) is -9.23. The van der Waals surface area contributed by atoms with Crippen LogP contribution in [0.15, 0.2) is 0 Å². The molecular weight excluding hydrogens is 242 g/mol. The Balaban J connectivity index is 4.49. The second-order valence-electron chi connectivity index (χ2n) is 2.00. The standard InChI is InChI=1S/C3H6O9P2/c4-1(3(6)13(7)8)2(5)12-14(9,10)11/h1,3-4,6H,(H2,9,10,11)/p-2. The van der Waals surface area contributed by atoms with Gasteiger partial charge in [0.2, 0.25) is 5.85 Å². The maximum Gasteiger partial charge on any atom is 0.348 e. The topological polar surface area (TPSA) is 164 Å². The molecule has 11 heteroatoms. The van der Waals surface area contributed by atoms with Crippen LogP contribution in [0.3, 0.4) is 0 Å². The summed E-state index contributed by atoms with van der Waals surface area (Å²) < 4.78 is 32.9. The maximum absolute atomic E-state index is 10.4. The highest BCUT2D eigenvalue weighted by molar-refractivity contribution is 7.43. The van der Waals surface area contributed by atoms with Gasteiger partial charge in [0.05, 0.1) is 0 Å². The van der Waals surface area contributed by atoms with Crippen molar-refractivity contribution < 1.29 is 43.0 Å². The molecule has 0 aromatic carbocycles. The molecule has 0 aromatic heterocycles. The number of hydrogen-bond donors (Lipinski definition) is 2. The maximum atomic E-state index is 10.4. The molecule has 0 spiro atoms. The molecule has 0 saturated carbocycles. The largest absolute Gasteiger partial charge is 0.780 e. The molecule has 2 atom stereocenters. The van der Waals surface area contributed by atoms with Gasteiger partial charge in [-0.05, 0) is 0 Å². The average molecular weight is 246 g/mol. The van der Waals surface area contributed by atoms with E-state index in [0.29, 0.717) is 0 Å². The number of aliphatic hydroxyl groups is 2. The van der Waals surface area contributed by atoms with Gasteiger partial charge in [-0.3, -0.25) is 0 Å². The summed E-state index contributed by atoms with van der Waals surface area (Å²) in [6, 6.07) is 0. The second-order valence-corrected chi connectivity index (χ2v) is 4.18. The van der Waals surface area contributed by atoms with Gasteiger partial charge >= 0.3 is 13.6 Å². The van der Waals surface area contributed by atoms with Crippen molar-refractivity contribution in [3.05, 3.63) is 0 Å². The summed E-state index contributed by atoms with van der Waals surface area (Å²) >= 11 is 0. The predicted octanol–water partition coefficient (Wildman–Crippen LogP) is -2.79. The lowest BCUT2D eigenvalue weighted by molar-refractivity contribution is -0.338. The monoisotopic (exact) mass is 246 g/mol. The molecule has 0 aromatic rings. The van der Waals surface area contributed by atoms with Crippen LogP contribution < -0.4 is 9.79 Å². The molecule has 0 heterocycles. The van der Waals surface area contributed by atoms with E-state index in [1.807, 2.05) is 0 Å². The molecule has 14 heavy (non-hydrogen) atoms. The van der Waals surface area contributed by atoms with Crippen molar-refractivity contribution in [3.63, 3.8) is 0 Å². The van der Waals surface area contributed by atoms with Crippen molar-refractivity contribution in [2.24, 2.45) is 0 Å². The van der Waals surface area contributed by atoms with Crippen molar-refractivity contribution in [1.29, 1.82) is 0 Å². The van der Waals surface area contributed by atoms with Gasteiger partial charge in [0, 0.05) is 0 Å². The molecule has 0 radical (unpaired) electrons. The number of carbonyl (C=O) groups excluding carboxylic acids is 1. The molecule has 9 nitrogen and oxygen atoms in total. The van der Waals surface area contributed by atoms with Crippen molar-refractivity contribution in [3.8, 4) is 0 Å². The highest BCUT2D eigenvalue weighted by Crippen LogP contribution is 2.27. The third-order valence-corrected chi connectivity index (χ3v) is 2.06. The molecule has 0 aliphatic rings. The third-order valence-electron chi connectivity index (χ3n) is 0.942. The highest BCUT2D eigenvalue weighted by atomic mass is 31.2. The van der Waals surface area contributed by atoms with Crippen LogP contribution in [0, 0.1) is 0 Å². The lowest BCUT2D eigenvalue weighted by atomic mass is 10.4. The van der Waals surface area contributed by atoms with E-state index >= 15 is 0 Å². The van der Waals surface area contributed by atoms with Gasteiger partial charge in [-0.15, -0.1) is 0 Å². The molecule has 2 N–H and O–H groups in total. The molecule has 0 aliphatic heterocycles. The second kappa shape index (κ2) is 4.79. The summed E-state index contributed by atoms with van der Waals surface area (Å²) in [6.45, 7) is 0. The van der Waals surface area contributed by atoms with Gasteiger partial charge in [0.15, 0.2) is 6.10 Å². The molecule has 0 bridgehead atoms. The molecule has 2 unspecified atom stereocenters. The average Bonchev–Trinajstić information content (AvgIpc) is 1.98. The van der Waals surface area contributed by atoms with Crippen LogP contribution >= 0.6 is 15.5 Å². The molecular formula is C3H4O9P2-2. The van der Waals surface area contributed by atoms with E-state index in [1.165, 1.54) is 0 Å². The molecule has 82 valence electrons. The van der Waals surface area contributed by atoms with Crippen molar-refractivity contribution in [1.82, 2.24) is 0 Å². The number of phosphoric ester groups is 1. The number of hydrogen-bond acceptors (Lipinski definition) is 9. The summed E-state index contributed by atoms with van der Waals surface area (Å²) in [4.78, 5) is 30.1. The minimum Gasteiger partial charge on any atom is -0.780 e. The van der Waals surface area contributed by atoms with Gasteiger partial charge in [0.25, 0.3) is 0 Å². The lowest BCUT2D eigenvalue weighted by Crippen LogP contribution is -2.34. The molecule has 0 saturated heterocycles. The first-order valence-corrected chi connectivity index (χ1v) is 5.61. The van der Waals surface area contributed by atoms with Crippen LogP contribution in [-0.2, 0) is 23.0 Å². The van der Waals surface area contributed by atoms with E-state index in [1.54, 1.807) is 0 Å². The van der Waals surface area contributed by atoms with Gasteiger partial charge < -0.3 is 29.1 Å². The Labute approximate surface area is 77.4 Å². The van der Waals surface area contributed by atoms with Crippen molar-refractivity contribution >= 4 is 21.5 Å². The Hall–Kier alpha value is -0.560. The number of aliphatic hydroxyl groups excluding tert-OH is 2. The van der Waals surface area contributed by atoms with E-state index < -0.39 is 33.4 Å². The number of rotatable bonds is 4. The fraction of sp³-hybridized carbons (Fsp3) is 0.667. The zero-order valence-electron chi connectivity index (χ0n) is 6.30. The van der Waals surface area contributed by atoms with E-state index in [0.717, 1.165) is 0 Å². The molecule has 0 amide bonds. The zero-order chi connectivity index (χ0) is 11.5. The molecule has 0 rings (SSSR count). The number of phosphoric acid groups is 1. The van der Waals surface area contributed by atoms with Crippen molar-refractivity contribution in [2.75, 3.05) is 0 Å². The van der Waals surface area contributed by atoms with Crippen LogP contribution in [0.5, 0.6) is 0 Å². The van der Waals surface area contributed by atoms with E-state index in [9.17, 15) is 28.3 Å². The van der Waals surface area contributed by atoms with Crippen LogP contribution in [0.2, 0.25) is 0 Å². The Morgan fingerprint density at radius 2 is 1.79 bits per heavy atom. The summed E-state index contributed by atoms with van der Waals surface area (Å²) in [5, 5.41) is 17.1. The highest BCUT2D eigenvalue weighted by Gasteiger charge is 2.30. The Morgan fingerprint density at radius 3 is 2.07 bits per heavy atom. The van der Waals surface area contributed by atoms with E-state index in [4.69, 9.17) is 10.2 Å². The van der Waals surface area contributed by atoms with Crippen molar-refractivity contribution in [2.45, 2.75) is 11.9 Å². The first-order valence-electron chi connectivity index (χ1n) is 2.90. The van der Waals surface area contributed by atoms with Gasteiger partial charge in [-0.2, -0.15) is 0 Å². The van der Waals surface area contributed by atoms with Gasteiger partial charge in [0.1, 0.15) is 7.82 Å². The predicted molar refractivity (Wildman–Crippen MR) is 34.0 cm³/mol. The van der Waals surface area contributed by atoms with Crippen LogP contribution in [-0.4, -0.2) is 28.1 Å². The number of carbonyl (C=O) groups is 1. The summed E-state index contributed by atoms with van der Waals surface area (Å²) in [5.74, 6) is -4.57. The van der Waals surface area contributed by atoms with Crippen LogP contribution in [0.4, 0.5) is 0 Å². The first kappa shape index (κ1) is 13.4. The Morgan fingerprint density at radius 1 is 1.36 bits per heavy atom. The SMILES string of the molecule is O=C(OP(=O)([O-])[O-])C(O)C(O)P(=O)=O. The fourth-order valence-corrected chi connectivity index (χ4v) is 1.08. The zero-order valence-corrected chi connectivity index (χ0v) is 8.09. The normalized spacial score (nSPS) is 15.7. The minimum absolute atomic E-state index is 2.05. The molecule has 0 fully saturated rings. The van der Waals surface area contributed by atoms with E-state index in [-0.39, 0.29) is 0 Å². The van der Waals surface area contributed by atoms with Crippen LogP contribution in [0.25, 0.3) is 0 Å². The summed E-state index contributed by atoms with van der Waals surface area (Å²) in [6.07, 6.45) is -2.63.